The number of amides is 1. The van der Waals surface area contributed by atoms with Gasteiger partial charge in [-0.15, -0.1) is 0 Å². The normalized spacial score (nSPS) is 18.1. The highest BCUT2D eigenvalue weighted by atomic mass is 79.9. The third-order valence-electron chi connectivity index (χ3n) is 5.85. The molecule has 0 bridgehead atoms. The summed E-state index contributed by atoms with van der Waals surface area (Å²) in [6.07, 6.45) is 1.91. The van der Waals surface area contributed by atoms with Gasteiger partial charge in [-0.2, -0.15) is 0 Å². The predicted octanol–water partition coefficient (Wildman–Crippen LogP) is 5.61. The molecular weight excluding hydrogens is 456 g/mol. The molecule has 2 fully saturated rings. The lowest BCUT2D eigenvalue weighted by Gasteiger charge is -2.42. The van der Waals surface area contributed by atoms with Crippen LogP contribution in [-0.2, 0) is 17.9 Å². The molecular formula is C25H31BrN2O3. The van der Waals surface area contributed by atoms with Crippen molar-refractivity contribution in [2.24, 2.45) is 0 Å². The first kappa shape index (κ1) is 22.2. The van der Waals surface area contributed by atoms with E-state index in [1.807, 2.05) is 56.0 Å². The van der Waals surface area contributed by atoms with E-state index in [-0.39, 0.29) is 11.6 Å². The number of piperazine rings is 1. The predicted molar refractivity (Wildman–Crippen MR) is 125 cm³/mol. The van der Waals surface area contributed by atoms with Crippen LogP contribution in [0.25, 0.3) is 0 Å². The van der Waals surface area contributed by atoms with E-state index in [4.69, 9.17) is 9.47 Å². The molecule has 166 valence electrons. The Bertz CT molecular complexity index is 922. The largest absolute Gasteiger partial charge is 0.488 e. The molecule has 0 aromatic heterocycles. The van der Waals surface area contributed by atoms with Crippen LogP contribution in [0.15, 0.2) is 53.0 Å². The smallest absolute Gasteiger partial charge is 0.410 e. The van der Waals surface area contributed by atoms with Crippen LogP contribution in [0.3, 0.4) is 0 Å². The van der Waals surface area contributed by atoms with Crippen molar-refractivity contribution in [2.75, 3.05) is 19.6 Å². The molecule has 0 N–H and O–H groups in total. The average molecular weight is 487 g/mol. The second-order valence-electron chi connectivity index (χ2n) is 9.57. The monoisotopic (exact) mass is 486 g/mol. The lowest BCUT2D eigenvalue weighted by molar-refractivity contribution is -0.00811. The van der Waals surface area contributed by atoms with Crippen molar-refractivity contribution < 1.29 is 14.3 Å². The third-order valence-corrected chi connectivity index (χ3v) is 6.75. The Kier molecular flexibility index (Phi) is 6.31. The van der Waals surface area contributed by atoms with Gasteiger partial charge < -0.3 is 9.47 Å². The number of nitrogens with zero attached hydrogens (tertiary/aromatic N) is 2. The van der Waals surface area contributed by atoms with Crippen molar-refractivity contribution in [3.8, 4) is 5.75 Å². The second kappa shape index (κ2) is 8.83. The molecule has 5 nitrogen and oxygen atoms in total. The highest BCUT2D eigenvalue weighted by molar-refractivity contribution is 9.10. The van der Waals surface area contributed by atoms with Crippen LogP contribution in [-0.4, -0.2) is 46.7 Å². The first-order valence-corrected chi connectivity index (χ1v) is 11.7. The van der Waals surface area contributed by atoms with Crippen molar-refractivity contribution in [1.82, 2.24) is 9.80 Å². The maximum atomic E-state index is 12.7. The van der Waals surface area contributed by atoms with Gasteiger partial charge in [0.2, 0.25) is 0 Å². The molecule has 31 heavy (non-hydrogen) atoms. The molecule has 1 spiro atoms. The Morgan fingerprint density at radius 2 is 1.81 bits per heavy atom. The zero-order valence-corrected chi connectivity index (χ0v) is 20.2. The van der Waals surface area contributed by atoms with Gasteiger partial charge in [0.05, 0.1) is 10.0 Å². The van der Waals surface area contributed by atoms with Gasteiger partial charge in [0, 0.05) is 26.2 Å². The minimum absolute atomic E-state index is 0.0610. The Balaban J connectivity index is 1.39. The van der Waals surface area contributed by atoms with Crippen LogP contribution in [0.2, 0.25) is 0 Å². The minimum atomic E-state index is -0.463. The molecule has 0 radical (unpaired) electrons. The number of halogens is 1. The van der Waals surface area contributed by atoms with Crippen molar-refractivity contribution in [3.05, 3.63) is 64.1 Å². The van der Waals surface area contributed by atoms with Gasteiger partial charge in [-0.05, 0) is 66.7 Å². The molecule has 1 aliphatic carbocycles. The topological polar surface area (TPSA) is 42.0 Å². The molecule has 4 rings (SSSR count). The number of rotatable bonds is 5. The minimum Gasteiger partial charge on any atom is -0.488 e. The maximum absolute atomic E-state index is 12.7. The molecule has 1 saturated carbocycles. The van der Waals surface area contributed by atoms with Gasteiger partial charge in [0.25, 0.3) is 0 Å². The molecule has 1 aliphatic heterocycles. The van der Waals surface area contributed by atoms with E-state index in [0.717, 1.165) is 48.3 Å². The van der Waals surface area contributed by atoms with E-state index in [1.54, 1.807) is 0 Å². The fraction of sp³-hybridized carbons (Fsp3) is 0.480. The molecule has 0 unspecified atom stereocenters. The molecule has 6 heteroatoms. The van der Waals surface area contributed by atoms with E-state index >= 15 is 0 Å². The summed E-state index contributed by atoms with van der Waals surface area (Å²) >= 11 is 3.76. The summed E-state index contributed by atoms with van der Waals surface area (Å²) in [5, 5.41) is 0. The Morgan fingerprint density at radius 3 is 2.48 bits per heavy atom. The number of benzene rings is 2. The summed E-state index contributed by atoms with van der Waals surface area (Å²) in [7, 11) is 0. The van der Waals surface area contributed by atoms with E-state index in [1.165, 1.54) is 5.56 Å². The number of hydrogen-bond donors (Lipinski definition) is 0. The standard InChI is InChI=1S/C25H31BrN2O3/c1-24(2,3)31-23(29)28-15-14-27(18-25(28)12-13-25)16-20-10-7-11-21(22(20)26)30-17-19-8-5-4-6-9-19/h4-11H,12-18H2,1-3H3. The Labute approximate surface area is 193 Å². The molecule has 2 aromatic carbocycles. The van der Waals surface area contributed by atoms with Gasteiger partial charge in [-0.3, -0.25) is 9.80 Å². The SMILES string of the molecule is CC(C)(C)OC(=O)N1CCN(Cc2cccc(OCc3ccccc3)c2Br)CC12CC2. The van der Waals surface area contributed by atoms with Crippen LogP contribution in [0.1, 0.15) is 44.7 Å². The zero-order chi connectivity index (χ0) is 22.1. The Morgan fingerprint density at radius 1 is 1.06 bits per heavy atom. The lowest BCUT2D eigenvalue weighted by atomic mass is 10.1. The van der Waals surface area contributed by atoms with Crippen LogP contribution in [0, 0.1) is 0 Å². The first-order valence-electron chi connectivity index (χ1n) is 10.9. The van der Waals surface area contributed by atoms with E-state index in [2.05, 4.69) is 39.0 Å². The number of hydrogen-bond acceptors (Lipinski definition) is 4. The number of carbonyl (C=O) groups is 1. The maximum Gasteiger partial charge on any atom is 0.410 e. The zero-order valence-electron chi connectivity index (χ0n) is 18.6. The van der Waals surface area contributed by atoms with Gasteiger partial charge in [0.1, 0.15) is 18.0 Å². The molecule has 0 atom stereocenters. The molecule has 2 aliphatic rings. The summed E-state index contributed by atoms with van der Waals surface area (Å²) in [5.41, 5.74) is 1.82. The summed E-state index contributed by atoms with van der Waals surface area (Å²) in [4.78, 5) is 17.1. The van der Waals surface area contributed by atoms with Gasteiger partial charge in [-0.25, -0.2) is 4.79 Å². The first-order chi connectivity index (χ1) is 14.8. The van der Waals surface area contributed by atoms with Gasteiger partial charge in [0.15, 0.2) is 0 Å². The summed E-state index contributed by atoms with van der Waals surface area (Å²) in [6, 6.07) is 16.4. The lowest BCUT2D eigenvalue weighted by Crippen LogP contribution is -2.57. The second-order valence-corrected chi connectivity index (χ2v) is 10.4. The van der Waals surface area contributed by atoms with E-state index in [9.17, 15) is 4.79 Å². The molecule has 1 amide bonds. The summed E-state index contributed by atoms with van der Waals surface area (Å²) in [6.45, 7) is 9.56. The van der Waals surface area contributed by atoms with Crippen LogP contribution in [0.5, 0.6) is 5.75 Å². The third kappa shape index (κ3) is 5.42. The van der Waals surface area contributed by atoms with E-state index < -0.39 is 5.60 Å². The van der Waals surface area contributed by atoms with Crippen molar-refractivity contribution in [2.45, 2.75) is 57.9 Å². The molecule has 2 aromatic rings. The van der Waals surface area contributed by atoms with Crippen LogP contribution < -0.4 is 4.74 Å². The summed E-state index contributed by atoms with van der Waals surface area (Å²) in [5.74, 6) is 0.856. The van der Waals surface area contributed by atoms with Gasteiger partial charge in [-0.1, -0.05) is 42.5 Å². The van der Waals surface area contributed by atoms with Crippen molar-refractivity contribution >= 4 is 22.0 Å². The molecule has 1 heterocycles. The highest BCUT2D eigenvalue weighted by Gasteiger charge is 2.54. The summed E-state index contributed by atoms with van der Waals surface area (Å²) < 4.78 is 12.7. The number of carbonyl (C=O) groups excluding carboxylic acids is 1. The van der Waals surface area contributed by atoms with E-state index in [0.29, 0.717) is 13.2 Å². The van der Waals surface area contributed by atoms with Crippen molar-refractivity contribution in [3.63, 3.8) is 0 Å². The Hall–Kier alpha value is -2.05. The number of ether oxygens (including phenoxy) is 2. The van der Waals surface area contributed by atoms with Crippen LogP contribution >= 0.6 is 15.9 Å². The van der Waals surface area contributed by atoms with Gasteiger partial charge >= 0.3 is 6.09 Å². The fourth-order valence-corrected chi connectivity index (χ4v) is 4.64. The molecule has 1 saturated heterocycles. The van der Waals surface area contributed by atoms with Crippen LogP contribution in [0.4, 0.5) is 4.79 Å². The highest BCUT2D eigenvalue weighted by Crippen LogP contribution is 2.45. The quantitative estimate of drug-likeness (QED) is 0.550. The van der Waals surface area contributed by atoms with Crippen molar-refractivity contribution in [1.29, 1.82) is 0 Å². The average Bonchev–Trinajstić information content (AvgIpc) is 3.47. The fourth-order valence-electron chi connectivity index (χ4n) is 4.13.